The number of carbonyl (C=O) groups is 1. The van der Waals surface area contributed by atoms with Crippen LogP contribution in [0.15, 0.2) is 10.6 Å². The molecular formula is C19H20F4N2O4. The lowest BCUT2D eigenvalue weighted by molar-refractivity contribution is -0.120. The first-order chi connectivity index (χ1) is 13.9. The van der Waals surface area contributed by atoms with E-state index in [9.17, 15) is 22.4 Å². The minimum absolute atomic E-state index is 0.00524. The summed E-state index contributed by atoms with van der Waals surface area (Å²) < 4.78 is 70.1. The summed E-state index contributed by atoms with van der Waals surface area (Å²) in [6.07, 6.45) is 0.899. The number of hydrogen-bond donors (Lipinski definition) is 1. The molecule has 0 radical (unpaired) electrons. The summed E-state index contributed by atoms with van der Waals surface area (Å²) in [5.74, 6) is -5.64. The average Bonchev–Trinajstić information content (AvgIpc) is 3.38. The van der Waals surface area contributed by atoms with Gasteiger partial charge in [0.15, 0.2) is 29.0 Å². The molecule has 1 fully saturated rings. The summed E-state index contributed by atoms with van der Waals surface area (Å²) >= 11 is 0. The Bertz CT molecular complexity index is 852. The van der Waals surface area contributed by atoms with Crippen molar-refractivity contribution in [3.63, 3.8) is 0 Å². The zero-order valence-electron chi connectivity index (χ0n) is 15.7. The Morgan fingerprint density at radius 2 is 1.93 bits per heavy atom. The smallest absolute Gasteiger partial charge is 0.226 e. The van der Waals surface area contributed by atoms with Gasteiger partial charge in [-0.05, 0) is 13.3 Å². The Morgan fingerprint density at radius 3 is 2.59 bits per heavy atom. The Labute approximate surface area is 164 Å². The molecule has 6 nitrogen and oxygen atoms in total. The van der Waals surface area contributed by atoms with Crippen LogP contribution in [0.1, 0.15) is 29.0 Å². The first kappa shape index (κ1) is 21.3. The zero-order valence-corrected chi connectivity index (χ0v) is 15.7. The van der Waals surface area contributed by atoms with Gasteiger partial charge in [0.1, 0.15) is 6.61 Å². The van der Waals surface area contributed by atoms with Gasteiger partial charge in [-0.15, -0.1) is 0 Å². The number of ether oxygens (including phenoxy) is 2. The van der Waals surface area contributed by atoms with E-state index in [1.165, 1.54) is 6.07 Å². The predicted octanol–water partition coefficient (Wildman–Crippen LogP) is 2.95. The lowest BCUT2D eigenvalue weighted by Crippen LogP contribution is -2.30. The van der Waals surface area contributed by atoms with E-state index in [4.69, 9.17) is 14.0 Å². The molecule has 1 aliphatic rings. The monoisotopic (exact) mass is 416 g/mol. The molecule has 158 valence electrons. The van der Waals surface area contributed by atoms with Crippen LogP contribution in [0.4, 0.5) is 17.6 Å². The molecule has 29 heavy (non-hydrogen) atoms. The highest BCUT2D eigenvalue weighted by molar-refractivity contribution is 5.78. The molecule has 0 bridgehead atoms. The molecule has 1 amide bonds. The van der Waals surface area contributed by atoms with Crippen molar-refractivity contribution >= 4 is 5.91 Å². The molecule has 1 saturated heterocycles. The molecular weight excluding hydrogens is 396 g/mol. The normalized spacial score (nSPS) is 16.4. The SMILES string of the molecule is Cc1c(F)c(F)c(COCc2cc(CC(=O)NCC3CCOC3)no2)c(F)c1F. The molecule has 10 heteroatoms. The van der Waals surface area contributed by atoms with E-state index in [1.807, 2.05) is 0 Å². The lowest BCUT2D eigenvalue weighted by Gasteiger charge is -2.09. The van der Waals surface area contributed by atoms with Gasteiger partial charge >= 0.3 is 0 Å². The molecule has 0 saturated carbocycles. The standard InChI is InChI=1S/C19H20F4N2O4/c1-10-16(20)18(22)14(19(23)17(10)21)9-28-8-13-4-12(25-29-13)5-15(26)24-6-11-2-3-27-7-11/h4,11H,2-3,5-9H2,1H3,(H,24,26). The van der Waals surface area contributed by atoms with Crippen LogP contribution in [0, 0.1) is 36.1 Å². The number of hydrogen-bond acceptors (Lipinski definition) is 5. The van der Waals surface area contributed by atoms with Gasteiger partial charge in [0.25, 0.3) is 0 Å². The molecule has 1 atom stereocenters. The molecule has 2 aromatic rings. The molecule has 0 spiro atoms. The van der Waals surface area contributed by atoms with E-state index in [0.29, 0.717) is 31.4 Å². The van der Waals surface area contributed by atoms with Gasteiger partial charge < -0.3 is 19.3 Å². The van der Waals surface area contributed by atoms with Gasteiger partial charge in [-0.25, -0.2) is 17.6 Å². The molecule has 1 aromatic heterocycles. The molecule has 1 aromatic carbocycles. The third-order valence-electron chi connectivity index (χ3n) is 4.63. The highest BCUT2D eigenvalue weighted by atomic mass is 19.2. The van der Waals surface area contributed by atoms with E-state index in [1.54, 1.807) is 0 Å². The topological polar surface area (TPSA) is 73.6 Å². The van der Waals surface area contributed by atoms with Crippen LogP contribution in [-0.4, -0.2) is 30.8 Å². The van der Waals surface area contributed by atoms with Gasteiger partial charge in [-0.3, -0.25) is 4.79 Å². The number of nitrogens with zero attached hydrogens (tertiary/aromatic N) is 1. The summed E-state index contributed by atoms with van der Waals surface area (Å²) in [7, 11) is 0. The Balaban J connectivity index is 1.49. The van der Waals surface area contributed by atoms with Gasteiger partial charge in [0, 0.05) is 30.7 Å². The van der Waals surface area contributed by atoms with E-state index in [2.05, 4.69) is 10.5 Å². The highest BCUT2D eigenvalue weighted by Crippen LogP contribution is 2.24. The minimum Gasteiger partial charge on any atom is -0.381 e. The molecule has 1 N–H and O–H groups in total. The Morgan fingerprint density at radius 1 is 1.21 bits per heavy atom. The van der Waals surface area contributed by atoms with Gasteiger partial charge in [-0.1, -0.05) is 5.16 Å². The summed E-state index contributed by atoms with van der Waals surface area (Å²) in [6.45, 7) is 1.84. The van der Waals surface area contributed by atoms with Crippen LogP contribution in [0.5, 0.6) is 0 Å². The molecule has 1 unspecified atom stereocenters. The Hall–Kier alpha value is -2.46. The predicted molar refractivity (Wildman–Crippen MR) is 91.6 cm³/mol. The van der Waals surface area contributed by atoms with Crippen molar-refractivity contribution in [3.8, 4) is 0 Å². The summed E-state index contributed by atoms with van der Waals surface area (Å²) in [6, 6.07) is 1.46. The van der Waals surface area contributed by atoms with Crippen LogP contribution >= 0.6 is 0 Å². The van der Waals surface area contributed by atoms with Crippen LogP contribution in [0.2, 0.25) is 0 Å². The van der Waals surface area contributed by atoms with Crippen molar-refractivity contribution < 1.29 is 36.4 Å². The van der Waals surface area contributed by atoms with Crippen molar-refractivity contribution in [2.24, 2.45) is 5.92 Å². The van der Waals surface area contributed by atoms with Crippen LogP contribution in [0.3, 0.4) is 0 Å². The third-order valence-corrected chi connectivity index (χ3v) is 4.63. The molecule has 2 heterocycles. The van der Waals surface area contributed by atoms with Crippen molar-refractivity contribution in [2.45, 2.75) is 33.0 Å². The molecule has 1 aliphatic heterocycles. The first-order valence-corrected chi connectivity index (χ1v) is 9.04. The van der Waals surface area contributed by atoms with Gasteiger partial charge in [-0.2, -0.15) is 0 Å². The number of carbonyl (C=O) groups excluding carboxylic acids is 1. The third kappa shape index (κ3) is 5.13. The second-order valence-electron chi connectivity index (χ2n) is 6.85. The highest BCUT2D eigenvalue weighted by Gasteiger charge is 2.23. The zero-order chi connectivity index (χ0) is 21.0. The average molecular weight is 416 g/mol. The number of benzene rings is 1. The van der Waals surface area contributed by atoms with Crippen LogP contribution < -0.4 is 5.32 Å². The second kappa shape index (κ2) is 9.36. The minimum atomic E-state index is -1.50. The van der Waals surface area contributed by atoms with E-state index in [0.717, 1.165) is 13.3 Å². The summed E-state index contributed by atoms with van der Waals surface area (Å²) in [4.78, 5) is 11.9. The maximum Gasteiger partial charge on any atom is 0.226 e. The van der Waals surface area contributed by atoms with Crippen molar-refractivity contribution in [2.75, 3.05) is 19.8 Å². The number of rotatable bonds is 8. The second-order valence-corrected chi connectivity index (χ2v) is 6.85. The van der Waals surface area contributed by atoms with Gasteiger partial charge in [0.2, 0.25) is 5.91 Å². The van der Waals surface area contributed by atoms with E-state index in [-0.39, 0.29) is 24.7 Å². The van der Waals surface area contributed by atoms with E-state index >= 15 is 0 Å². The number of amides is 1. The number of aromatic nitrogens is 1. The summed E-state index contributed by atoms with van der Waals surface area (Å²) in [5.41, 5.74) is -1.23. The van der Waals surface area contributed by atoms with Gasteiger partial charge in [0.05, 0.1) is 30.9 Å². The fraction of sp³-hybridized carbons (Fsp3) is 0.474. The Kier molecular flexibility index (Phi) is 6.86. The fourth-order valence-electron chi connectivity index (χ4n) is 2.90. The first-order valence-electron chi connectivity index (χ1n) is 9.04. The molecule has 3 rings (SSSR count). The van der Waals surface area contributed by atoms with Crippen LogP contribution in [-0.2, 0) is 33.9 Å². The quantitative estimate of drug-likeness (QED) is 0.529. The fourth-order valence-corrected chi connectivity index (χ4v) is 2.90. The van der Waals surface area contributed by atoms with Crippen molar-refractivity contribution in [1.82, 2.24) is 10.5 Å². The molecule has 0 aliphatic carbocycles. The summed E-state index contributed by atoms with van der Waals surface area (Å²) in [5, 5.41) is 6.52. The maximum atomic E-state index is 13.8. The maximum absolute atomic E-state index is 13.8. The number of nitrogens with one attached hydrogen (secondary N) is 1. The van der Waals surface area contributed by atoms with Crippen molar-refractivity contribution in [1.29, 1.82) is 0 Å². The number of halogens is 4. The lowest BCUT2D eigenvalue weighted by atomic mass is 10.1. The van der Waals surface area contributed by atoms with Crippen molar-refractivity contribution in [3.05, 3.63) is 51.9 Å². The van der Waals surface area contributed by atoms with Crippen LogP contribution in [0.25, 0.3) is 0 Å². The largest absolute Gasteiger partial charge is 0.381 e. The van der Waals surface area contributed by atoms with E-state index < -0.39 is 41.0 Å².